The first-order chi connectivity index (χ1) is 8.11. The van der Waals surface area contributed by atoms with Gasteiger partial charge in [-0.2, -0.15) is 0 Å². The first kappa shape index (κ1) is 14.5. The molecule has 0 aliphatic heterocycles. The minimum Gasteiger partial charge on any atom is -0.480 e. The number of nitrogens with zero attached hydrogens (tertiary/aromatic N) is 1. The normalized spacial score (nSPS) is 18.8. The van der Waals surface area contributed by atoms with Crippen molar-refractivity contribution in [2.45, 2.75) is 51.6 Å². The molecule has 0 heterocycles. The SMILES string of the molecule is CCCN(CC(=O)O)CC(O)CC1CCCC1. The maximum Gasteiger partial charge on any atom is 0.317 e. The highest BCUT2D eigenvalue weighted by atomic mass is 16.4. The summed E-state index contributed by atoms with van der Waals surface area (Å²) in [5.74, 6) is -0.162. The predicted molar refractivity (Wildman–Crippen MR) is 66.9 cm³/mol. The molecule has 1 saturated carbocycles. The Morgan fingerprint density at radius 3 is 2.59 bits per heavy atom. The van der Waals surface area contributed by atoms with Crippen LogP contribution >= 0.6 is 0 Å². The fraction of sp³-hybridized carbons (Fsp3) is 0.923. The Hall–Kier alpha value is -0.610. The van der Waals surface area contributed by atoms with E-state index in [0.717, 1.165) is 19.4 Å². The number of aliphatic hydroxyl groups excluding tert-OH is 1. The molecule has 0 aromatic rings. The molecule has 0 spiro atoms. The zero-order chi connectivity index (χ0) is 12.7. The van der Waals surface area contributed by atoms with Crippen molar-refractivity contribution >= 4 is 5.97 Å². The highest BCUT2D eigenvalue weighted by molar-refractivity contribution is 5.69. The van der Waals surface area contributed by atoms with Gasteiger partial charge in [-0.05, 0) is 25.3 Å². The molecular weight excluding hydrogens is 218 g/mol. The van der Waals surface area contributed by atoms with Crippen molar-refractivity contribution in [1.82, 2.24) is 4.90 Å². The highest BCUT2D eigenvalue weighted by Gasteiger charge is 2.21. The van der Waals surface area contributed by atoms with E-state index < -0.39 is 5.97 Å². The summed E-state index contributed by atoms with van der Waals surface area (Å²) in [6.45, 7) is 3.30. The number of aliphatic carboxylic acids is 1. The smallest absolute Gasteiger partial charge is 0.317 e. The maximum absolute atomic E-state index is 10.7. The minimum atomic E-state index is -0.813. The molecule has 0 aromatic heterocycles. The van der Waals surface area contributed by atoms with E-state index in [0.29, 0.717) is 12.5 Å². The van der Waals surface area contributed by atoms with Gasteiger partial charge in [0, 0.05) is 6.54 Å². The number of carbonyl (C=O) groups is 1. The first-order valence-corrected chi connectivity index (χ1v) is 6.74. The van der Waals surface area contributed by atoms with Gasteiger partial charge in [0.2, 0.25) is 0 Å². The van der Waals surface area contributed by atoms with Crippen LogP contribution in [0.15, 0.2) is 0 Å². The second-order valence-corrected chi connectivity index (χ2v) is 5.17. The van der Waals surface area contributed by atoms with Crippen LogP contribution in [-0.4, -0.2) is 46.8 Å². The van der Waals surface area contributed by atoms with Gasteiger partial charge >= 0.3 is 5.97 Å². The van der Waals surface area contributed by atoms with Crippen LogP contribution in [0.25, 0.3) is 0 Å². The summed E-state index contributed by atoms with van der Waals surface area (Å²) in [4.78, 5) is 12.5. The molecule has 1 rings (SSSR count). The summed E-state index contributed by atoms with van der Waals surface area (Å²) in [6.07, 6.45) is 6.40. The van der Waals surface area contributed by atoms with Crippen LogP contribution in [0.1, 0.15) is 45.4 Å². The number of hydrogen-bond donors (Lipinski definition) is 2. The lowest BCUT2D eigenvalue weighted by Crippen LogP contribution is -2.37. The lowest BCUT2D eigenvalue weighted by molar-refractivity contribution is -0.138. The summed E-state index contributed by atoms with van der Waals surface area (Å²) >= 11 is 0. The number of carboxylic acids is 1. The van der Waals surface area contributed by atoms with Crippen LogP contribution in [0.4, 0.5) is 0 Å². The zero-order valence-corrected chi connectivity index (χ0v) is 10.8. The Labute approximate surface area is 104 Å². The Bertz CT molecular complexity index is 227. The van der Waals surface area contributed by atoms with Crippen LogP contribution < -0.4 is 0 Å². The van der Waals surface area contributed by atoms with E-state index in [1.165, 1.54) is 25.7 Å². The summed E-state index contributed by atoms with van der Waals surface area (Å²) in [6, 6.07) is 0. The molecule has 0 saturated heterocycles. The molecule has 0 bridgehead atoms. The zero-order valence-electron chi connectivity index (χ0n) is 10.8. The minimum absolute atomic E-state index is 0.0373. The van der Waals surface area contributed by atoms with Crippen LogP contribution in [0, 0.1) is 5.92 Å². The van der Waals surface area contributed by atoms with E-state index >= 15 is 0 Å². The molecule has 1 fully saturated rings. The largest absolute Gasteiger partial charge is 0.480 e. The van der Waals surface area contributed by atoms with Gasteiger partial charge in [0.1, 0.15) is 0 Å². The average Bonchev–Trinajstić information content (AvgIpc) is 2.69. The summed E-state index contributed by atoms with van der Waals surface area (Å²) in [5.41, 5.74) is 0. The van der Waals surface area contributed by atoms with Crippen molar-refractivity contribution in [2.24, 2.45) is 5.92 Å². The fourth-order valence-electron chi connectivity index (χ4n) is 2.75. The molecule has 0 amide bonds. The third-order valence-corrected chi connectivity index (χ3v) is 3.45. The highest BCUT2D eigenvalue weighted by Crippen LogP contribution is 2.28. The summed E-state index contributed by atoms with van der Waals surface area (Å²) in [7, 11) is 0. The van der Waals surface area contributed by atoms with Gasteiger partial charge in [-0.25, -0.2) is 0 Å². The van der Waals surface area contributed by atoms with Gasteiger partial charge in [0.15, 0.2) is 0 Å². The molecule has 0 radical (unpaired) electrons. The maximum atomic E-state index is 10.7. The number of carboxylic acid groups (broad SMARTS) is 1. The molecule has 2 N–H and O–H groups in total. The van der Waals surface area contributed by atoms with Gasteiger partial charge in [0.05, 0.1) is 12.6 Å². The monoisotopic (exact) mass is 243 g/mol. The van der Waals surface area contributed by atoms with Crippen LogP contribution in [0.5, 0.6) is 0 Å². The first-order valence-electron chi connectivity index (χ1n) is 6.74. The molecule has 4 nitrogen and oxygen atoms in total. The van der Waals surface area contributed by atoms with Gasteiger partial charge in [0.25, 0.3) is 0 Å². The molecule has 0 aromatic carbocycles. The molecule has 100 valence electrons. The van der Waals surface area contributed by atoms with E-state index in [4.69, 9.17) is 5.11 Å². The number of aliphatic hydroxyl groups is 1. The summed E-state index contributed by atoms with van der Waals surface area (Å²) in [5, 5.41) is 18.8. The molecule has 17 heavy (non-hydrogen) atoms. The number of hydrogen-bond acceptors (Lipinski definition) is 3. The molecule has 1 atom stereocenters. The van der Waals surface area contributed by atoms with E-state index in [-0.39, 0.29) is 12.6 Å². The van der Waals surface area contributed by atoms with Crippen molar-refractivity contribution in [3.63, 3.8) is 0 Å². The second-order valence-electron chi connectivity index (χ2n) is 5.17. The average molecular weight is 243 g/mol. The third-order valence-electron chi connectivity index (χ3n) is 3.45. The number of rotatable bonds is 8. The van der Waals surface area contributed by atoms with Gasteiger partial charge in [-0.3, -0.25) is 9.69 Å². The van der Waals surface area contributed by atoms with Crippen LogP contribution in [0.3, 0.4) is 0 Å². The predicted octanol–water partition coefficient (Wildman–Crippen LogP) is 1.72. The van der Waals surface area contributed by atoms with Gasteiger partial charge < -0.3 is 10.2 Å². The fourth-order valence-corrected chi connectivity index (χ4v) is 2.75. The van der Waals surface area contributed by atoms with Crippen molar-refractivity contribution in [3.05, 3.63) is 0 Å². The molecule has 1 unspecified atom stereocenters. The van der Waals surface area contributed by atoms with E-state index in [1.807, 2.05) is 11.8 Å². The third kappa shape index (κ3) is 6.03. The van der Waals surface area contributed by atoms with E-state index in [9.17, 15) is 9.90 Å². The van der Waals surface area contributed by atoms with Gasteiger partial charge in [-0.1, -0.05) is 32.6 Å². The van der Waals surface area contributed by atoms with Gasteiger partial charge in [-0.15, -0.1) is 0 Å². The Kier molecular flexibility index (Phi) is 6.52. The van der Waals surface area contributed by atoms with Crippen molar-refractivity contribution in [1.29, 1.82) is 0 Å². The Morgan fingerprint density at radius 2 is 2.06 bits per heavy atom. The van der Waals surface area contributed by atoms with Crippen molar-refractivity contribution in [2.75, 3.05) is 19.6 Å². The Morgan fingerprint density at radius 1 is 1.41 bits per heavy atom. The molecular formula is C13H25NO3. The molecule has 1 aliphatic rings. The quantitative estimate of drug-likeness (QED) is 0.681. The van der Waals surface area contributed by atoms with Crippen LogP contribution in [-0.2, 0) is 4.79 Å². The van der Waals surface area contributed by atoms with Crippen molar-refractivity contribution in [3.8, 4) is 0 Å². The second kappa shape index (κ2) is 7.67. The molecule has 4 heteroatoms. The Balaban J connectivity index is 2.28. The summed E-state index contributed by atoms with van der Waals surface area (Å²) < 4.78 is 0. The lowest BCUT2D eigenvalue weighted by atomic mass is 10.00. The lowest BCUT2D eigenvalue weighted by Gasteiger charge is -2.24. The molecule has 1 aliphatic carbocycles. The topological polar surface area (TPSA) is 60.8 Å². The van der Waals surface area contributed by atoms with E-state index in [2.05, 4.69) is 0 Å². The standard InChI is InChI=1S/C13H25NO3/c1-2-7-14(10-13(16)17)9-12(15)8-11-5-3-4-6-11/h11-12,15H,2-10H2,1H3,(H,16,17). The van der Waals surface area contributed by atoms with Crippen molar-refractivity contribution < 1.29 is 15.0 Å². The van der Waals surface area contributed by atoms with E-state index in [1.54, 1.807) is 0 Å². The van der Waals surface area contributed by atoms with Crippen LogP contribution in [0.2, 0.25) is 0 Å².